The van der Waals surface area contributed by atoms with Gasteiger partial charge in [-0.25, -0.2) is 15.2 Å². The first-order valence-corrected chi connectivity index (χ1v) is 23.1. The number of likely N-dealkylation sites (tertiary alicyclic amines) is 1. The van der Waals surface area contributed by atoms with E-state index in [4.69, 9.17) is 19.1 Å². The van der Waals surface area contributed by atoms with Crippen LogP contribution < -0.4 is 10.7 Å². The Balaban J connectivity index is 0.00000284. The van der Waals surface area contributed by atoms with Gasteiger partial charge in [0.15, 0.2) is 0 Å². The van der Waals surface area contributed by atoms with Crippen molar-refractivity contribution in [2.45, 2.75) is 103 Å². The van der Waals surface area contributed by atoms with E-state index < -0.39 is 60.1 Å². The summed E-state index contributed by atoms with van der Waals surface area (Å²) in [4.78, 5) is 71.0. The third-order valence-electron chi connectivity index (χ3n) is 12.7. The fourth-order valence-corrected chi connectivity index (χ4v) is 9.89. The Bertz CT molecular complexity index is 2480. The molecule has 0 aliphatic carbocycles. The number of nitrogens with zero attached hydrogens (tertiary/aromatic N) is 7. The zero-order valence-corrected chi connectivity index (χ0v) is 46.2. The van der Waals surface area contributed by atoms with Crippen LogP contribution in [0.4, 0.5) is 18.0 Å². The molecule has 2 fully saturated rings. The molecule has 3 aromatic heterocycles. The van der Waals surface area contributed by atoms with E-state index >= 15 is 0 Å². The van der Waals surface area contributed by atoms with Crippen LogP contribution in [0.5, 0.6) is 0 Å². The summed E-state index contributed by atoms with van der Waals surface area (Å²) >= 11 is 1.28. The van der Waals surface area contributed by atoms with Crippen molar-refractivity contribution in [3.8, 4) is 22.5 Å². The van der Waals surface area contributed by atoms with E-state index in [9.17, 15) is 32.3 Å². The normalized spacial score (nSPS) is 18.9. The first kappa shape index (κ1) is 63.1. The number of amides is 4. The second-order valence-electron chi connectivity index (χ2n) is 18.8. The molecule has 6 heterocycles. The van der Waals surface area contributed by atoms with Crippen molar-refractivity contribution in [3.63, 3.8) is 0 Å². The van der Waals surface area contributed by atoms with Crippen molar-refractivity contribution >= 4 is 100 Å². The Morgan fingerprint density at radius 1 is 1.08 bits per heavy atom. The van der Waals surface area contributed by atoms with Crippen molar-refractivity contribution in [3.05, 3.63) is 64.8 Å². The van der Waals surface area contributed by atoms with Gasteiger partial charge in [0.1, 0.15) is 24.7 Å². The number of rotatable bonds is 9. The number of nitrogens with one attached hydrogen (secondary N) is 2. The molecule has 6 bridgehead atoms. The van der Waals surface area contributed by atoms with Crippen LogP contribution in [0.15, 0.2) is 41.9 Å². The standard InChI is InChI=1S/C46H60F3N9O6S.CO.4H2S/c1-26(2)39(55(8)44(62)56-21-29(22-56)54(6)7)41(59)52-34-19-37-51-35(23-65-37)28-14-15-36-31(18-28)32(20-45(4,5)25-64-43(61)33-13-11-17-58(53-33)42(34)60)40(57(36)24-46(47,48)49)30-12-10-16-50-38(30)27(3)63-9;1-2;;;;/h10,12,14-16,18,23,26-27,29,33-34,39,53H,11,13,17,19-22,24-25H2,1-9H3,(H,52,59);;4*1H2/t27-,33-,34-,39-;;;;;/m0...../s1. The SMILES string of the molecule is CO[C@@H](C)c1ncccc1-c1c2c3cc(ccc3n1CC(F)(F)F)-c1csc(n1)C[C@H](NC(=O)[C@H](C(C)C)N(C)C(=O)N1CC(N(C)C)C1)C(=O)N1CCC[C@H](N1)C(=O)OCC(C)(C)C2.S.S.S.S.[C-]#[O+]. The summed E-state index contributed by atoms with van der Waals surface area (Å²) in [5, 5.41) is 7.22. The Morgan fingerprint density at radius 2 is 1.76 bits per heavy atom. The Hall–Kier alpha value is -3.97. The zero-order valence-electron chi connectivity index (χ0n) is 41.4. The number of hydrogen-bond donors (Lipinski definition) is 2. The van der Waals surface area contributed by atoms with Crippen molar-refractivity contribution in [1.82, 2.24) is 45.0 Å². The number of pyridine rings is 1. The Labute approximate surface area is 445 Å². The van der Waals surface area contributed by atoms with Gasteiger partial charge in [-0.2, -0.15) is 67.2 Å². The molecule has 0 unspecified atom stereocenters. The fourth-order valence-electron chi connectivity index (χ4n) is 9.04. The van der Waals surface area contributed by atoms with Gasteiger partial charge in [0.2, 0.25) is 5.91 Å². The van der Waals surface area contributed by atoms with Crippen molar-refractivity contribution in [1.29, 1.82) is 0 Å². The maximum absolute atomic E-state index is 14.6. The van der Waals surface area contributed by atoms with Crippen LogP contribution in [-0.4, -0.2) is 143 Å². The molecule has 0 saturated carbocycles. The molecular formula is C47H68F3N9O7S5. The molecule has 0 radical (unpaired) electrons. The number of carbonyl (C=O) groups is 4. The van der Waals surface area contributed by atoms with Gasteiger partial charge in [0.05, 0.1) is 34.8 Å². The molecule has 71 heavy (non-hydrogen) atoms. The summed E-state index contributed by atoms with van der Waals surface area (Å²) in [5.74, 6) is -1.90. The average molecular weight is 1090 g/mol. The molecule has 4 atom stereocenters. The predicted octanol–water partition coefficient (Wildman–Crippen LogP) is 6.48. The van der Waals surface area contributed by atoms with Gasteiger partial charge in [-0.3, -0.25) is 24.4 Å². The molecule has 394 valence electrons. The molecule has 3 aliphatic rings. The number of benzene rings is 1. The van der Waals surface area contributed by atoms with Crippen molar-refractivity contribution in [2.75, 3.05) is 54.5 Å². The monoisotopic (exact) mass is 1090 g/mol. The fraction of sp³-hybridized carbons (Fsp3) is 0.553. The van der Waals surface area contributed by atoms with Crippen LogP contribution in [0.1, 0.15) is 69.8 Å². The molecule has 2 N–H and O–H groups in total. The summed E-state index contributed by atoms with van der Waals surface area (Å²) in [5.41, 5.74) is 5.71. The molecule has 24 heteroatoms. The molecule has 4 aromatic rings. The van der Waals surface area contributed by atoms with E-state index in [1.54, 1.807) is 49.3 Å². The summed E-state index contributed by atoms with van der Waals surface area (Å²) < 4.78 is 64.3. The number of aromatic nitrogens is 3. The quantitative estimate of drug-likeness (QED) is 0.107. The summed E-state index contributed by atoms with van der Waals surface area (Å²) in [6, 6.07) is 5.67. The molecule has 0 spiro atoms. The number of fused-ring (bicyclic) bond motifs is 6. The van der Waals surface area contributed by atoms with Crippen LogP contribution in [0, 0.1) is 18.0 Å². The minimum atomic E-state index is -4.58. The van der Waals surface area contributed by atoms with Gasteiger partial charge in [-0.05, 0) is 76.0 Å². The second-order valence-corrected chi connectivity index (χ2v) is 19.8. The van der Waals surface area contributed by atoms with Crippen molar-refractivity contribution in [2.24, 2.45) is 11.3 Å². The number of hydrazine groups is 1. The molecular weight excluding hydrogens is 1020 g/mol. The van der Waals surface area contributed by atoms with Gasteiger partial charge in [-0.15, -0.1) is 11.3 Å². The number of ether oxygens (including phenoxy) is 2. The summed E-state index contributed by atoms with van der Waals surface area (Å²) in [6.07, 6.45) is -2.49. The van der Waals surface area contributed by atoms with Gasteiger partial charge >= 0.3 is 29.5 Å². The zero-order chi connectivity index (χ0) is 49.1. The molecule has 2 saturated heterocycles. The van der Waals surface area contributed by atoms with E-state index in [-0.39, 0.29) is 98.0 Å². The summed E-state index contributed by atoms with van der Waals surface area (Å²) in [7, 11) is 7.02. The van der Waals surface area contributed by atoms with Gasteiger partial charge in [0.25, 0.3) is 5.91 Å². The van der Waals surface area contributed by atoms with E-state index in [1.165, 1.54) is 32.9 Å². The molecule has 3 aliphatic heterocycles. The number of halogens is 3. The Kier molecular flexibility index (Phi) is 23.4. The number of carbonyl (C=O) groups excluding carboxylic acids is 4. The number of cyclic esters (lactones) is 1. The van der Waals surface area contributed by atoms with Gasteiger partial charge in [-0.1, -0.05) is 33.8 Å². The number of methoxy groups -OCH3 is 1. The van der Waals surface area contributed by atoms with Gasteiger partial charge < -0.3 is 34.1 Å². The van der Waals surface area contributed by atoms with E-state index in [0.717, 1.165) is 0 Å². The second kappa shape index (κ2) is 26.3. The van der Waals surface area contributed by atoms with Crippen LogP contribution in [0.3, 0.4) is 0 Å². The molecule has 4 amide bonds. The molecule has 7 rings (SSSR count). The topological polar surface area (TPSA) is 174 Å². The predicted molar refractivity (Wildman–Crippen MR) is 286 cm³/mol. The maximum atomic E-state index is 14.6. The van der Waals surface area contributed by atoms with Crippen LogP contribution >= 0.6 is 65.3 Å². The first-order chi connectivity index (χ1) is 31.7. The van der Waals surface area contributed by atoms with E-state index in [2.05, 4.69) is 27.3 Å². The van der Waals surface area contributed by atoms with Gasteiger partial charge in [0, 0.05) is 85.3 Å². The van der Waals surface area contributed by atoms with Crippen molar-refractivity contribution < 1.29 is 46.5 Å². The molecule has 1 aromatic carbocycles. The minimum absolute atomic E-state index is 0. The number of likely N-dealkylation sites (N-methyl/N-ethyl adjacent to an activating group) is 2. The first-order valence-electron chi connectivity index (χ1n) is 22.2. The van der Waals surface area contributed by atoms with Crippen LogP contribution in [0.2, 0.25) is 0 Å². The van der Waals surface area contributed by atoms with Crippen LogP contribution in [-0.2, 0) is 47.9 Å². The Morgan fingerprint density at radius 3 is 2.38 bits per heavy atom. The molecule has 16 nitrogen and oxygen atoms in total. The number of alkyl halides is 3. The third-order valence-corrected chi connectivity index (χ3v) is 13.5. The summed E-state index contributed by atoms with van der Waals surface area (Å²) in [6.45, 7) is 13.7. The van der Waals surface area contributed by atoms with E-state index in [0.29, 0.717) is 75.6 Å². The van der Waals surface area contributed by atoms with Crippen LogP contribution in [0.25, 0.3) is 33.4 Å². The van der Waals surface area contributed by atoms with E-state index in [1.807, 2.05) is 53.2 Å². The number of urea groups is 1. The number of hydrogen-bond acceptors (Lipinski definition) is 11. The average Bonchev–Trinajstić information content (AvgIpc) is 3.85. The third kappa shape index (κ3) is 14.4. The number of thiazole rings is 1. The number of esters is 1.